The molecule has 0 amide bonds. The van der Waals surface area contributed by atoms with Crippen LogP contribution in [0.4, 0.5) is 11.5 Å². The van der Waals surface area contributed by atoms with Crippen LogP contribution in [0.2, 0.25) is 0 Å². The molecule has 0 bridgehead atoms. The van der Waals surface area contributed by atoms with Crippen molar-refractivity contribution in [3.05, 3.63) is 80.8 Å². The lowest BCUT2D eigenvalue weighted by atomic mass is 9.84. The van der Waals surface area contributed by atoms with E-state index in [4.69, 9.17) is 0 Å². The average molecular weight is 511 g/mol. The first-order valence-corrected chi connectivity index (χ1v) is 13.6. The Labute approximate surface area is 209 Å². The van der Waals surface area contributed by atoms with Gasteiger partial charge >= 0.3 is 5.69 Å². The average Bonchev–Trinajstić information content (AvgIpc) is 3.30. The number of nitrogens with one attached hydrogen (secondary N) is 2. The highest BCUT2D eigenvalue weighted by Crippen LogP contribution is 2.40. The number of aromatic amines is 1. The Hall–Kier alpha value is -3.44. The van der Waals surface area contributed by atoms with E-state index in [0.29, 0.717) is 44.0 Å². The number of rotatable bonds is 6. The number of piperazine rings is 1. The van der Waals surface area contributed by atoms with Crippen molar-refractivity contribution in [2.24, 2.45) is 7.05 Å². The molecule has 1 atom stereocenters. The van der Waals surface area contributed by atoms with E-state index in [1.165, 1.54) is 8.87 Å². The molecule has 0 radical (unpaired) electrons. The largest absolute Gasteiger partial charge is 0.369 e. The number of hydrogen-bond acceptors (Lipinski definition) is 7. The van der Waals surface area contributed by atoms with Crippen molar-refractivity contribution in [2.45, 2.75) is 36.6 Å². The van der Waals surface area contributed by atoms with E-state index in [1.807, 2.05) is 30.3 Å². The molecule has 0 saturated carbocycles. The van der Waals surface area contributed by atoms with Crippen molar-refractivity contribution in [1.29, 1.82) is 0 Å². The first-order chi connectivity index (χ1) is 17.2. The van der Waals surface area contributed by atoms with Crippen LogP contribution in [0.5, 0.6) is 0 Å². The van der Waals surface area contributed by atoms with Crippen LogP contribution >= 0.6 is 0 Å². The number of sulfonamides is 1. The molecule has 2 aliphatic rings. The van der Waals surface area contributed by atoms with Gasteiger partial charge in [0.1, 0.15) is 11.5 Å². The molecule has 0 spiro atoms. The maximum absolute atomic E-state index is 13.4. The predicted molar refractivity (Wildman–Crippen MR) is 138 cm³/mol. The summed E-state index contributed by atoms with van der Waals surface area (Å²) in [4.78, 5) is 33.6. The fourth-order valence-corrected chi connectivity index (χ4v) is 6.68. The van der Waals surface area contributed by atoms with Gasteiger partial charge in [0.15, 0.2) is 0 Å². The van der Waals surface area contributed by atoms with E-state index in [0.717, 1.165) is 24.2 Å². The van der Waals surface area contributed by atoms with Gasteiger partial charge in [-0.15, -0.1) is 0 Å². The fraction of sp³-hybridized carbons (Fsp3) is 0.400. The van der Waals surface area contributed by atoms with E-state index in [9.17, 15) is 18.0 Å². The van der Waals surface area contributed by atoms with Crippen LogP contribution in [0, 0.1) is 0 Å². The monoisotopic (exact) mass is 510 g/mol. The number of aromatic nitrogens is 3. The normalized spacial score (nSPS) is 20.2. The summed E-state index contributed by atoms with van der Waals surface area (Å²) in [6.07, 6.45) is 3.76. The first kappa shape index (κ1) is 24.3. The van der Waals surface area contributed by atoms with Crippen molar-refractivity contribution >= 4 is 21.5 Å². The lowest BCUT2D eigenvalue weighted by Gasteiger charge is -2.35. The molecule has 190 valence electrons. The second-order valence-corrected chi connectivity index (χ2v) is 11.3. The van der Waals surface area contributed by atoms with Crippen molar-refractivity contribution in [3.63, 3.8) is 0 Å². The highest BCUT2D eigenvalue weighted by molar-refractivity contribution is 7.89. The molecule has 4 heterocycles. The lowest BCUT2D eigenvalue weighted by Crippen LogP contribution is -2.48. The zero-order valence-corrected chi connectivity index (χ0v) is 21.2. The van der Waals surface area contributed by atoms with Crippen LogP contribution in [0.25, 0.3) is 0 Å². The number of benzene rings is 1. The predicted octanol–water partition coefficient (Wildman–Crippen LogP) is 1.64. The topological polar surface area (TPSA) is 120 Å². The van der Waals surface area contributed by atoms with Crippen molar-refractivity contribution in [2.75, 3.05) is 36.4 Å². The Morgan fingerprint density at radius 1 is 1.03 bits per heavy atom. The summed E-state index contributed by atoms with van der Waals surface area (Å²) in [5.41, 5.74) is 0.457. The van der Waals surface area contributed by atoms with Crippen LogP contribution in [0.1, 0.15) is 31.0 Å². The molecule has 3 aromatic rings. The van der Waals surface area contributed by atoms with Gasteiger partial charge in [-0.25, -0.2) is 18.2 Å². The molecule has 0 aliphatic carbocycles. The lowest BCUT2D eigenvalue weighted by molar-refractivity contribution is 0.383. The van der Waals surface area contributed by atoms with Gasteiger partial charge in [0.05, 0.1) is 16.1 Å². The van der Waals surface area contributed by atoms with E-state index < -0.39 is 26.8 Å². The molecule has 2 aromatic heterocycles. The van der Waals surface area contributed by atoms with Crippen molar-refractivity contribution in [3.8, 4) is 0 Å². The molecule has 1 fully saturated rings. The molecule has 11 heteroatoms. The third-order valence-electron chi connectivity index (χ3n) is 7.21. The zero-order valence-electron chi connectivity index (χ0n) is 20.4. The Bertz CT molecular complexity index is 1480. The third-order valence-corrected chi connectivity index (χ3v) is 9.13. The number of fused-ring (bicyclic) bond motifs is 1. The third kappa shape index (κ3) is 4.11. The minimum absolute atomic E-state index is 0.241. The highest BCUT2D eigenvalue weighted by Gasteiger charge is 2.41. The second kappa shape index (κ2) is 9.21. The Morgan fingerprint density at radius 3 is 2.39 bits per heavy atom. The van der Waals surface area contributed by atoms with Gasteiger partial charge in [0.25, 0.3) is 5.56 Å². The molecule has 36 heavy (non-hydrogen) atoms. The van der Waals surface area contributed by atoms with Crippen LogP contribution in [0.3, 0.4) is 0 Å². The van der Waals surface area contributed by atoms with Crippen LogP contribution in [0.15, 0.2) is 63.1 Å². The maximum atomic E-state index is 13.4. The maximum Gasteiger partial charge on any atom is 0.328 e. The molecule has 1 aromatic carbocycles. The molecular formula is C25H30N6O4S. The van der Waals surface area contributed by atoms with E-state index in [2.05, 4.69) is 27.1 Å². The molecule has 5 rings (SSSR count). The summed E-state index contributed by atoms with van der Waals surface area (Å²) in [5, 5.41) is 3.37. The molecule has 2 N–H and O–H groups in total. The Balaban J connectivity index is 1.37. The van der Waals surface area contributed by atoms with Gasteiger partial charge in [0, 0.05) is 45.8 Å². The molecular weight excluding hydrogens is 480 g/mol. The molecule has 1 saturated heterocycles. The van der Waals surface area contributed by atoms with Crippen LogP contribution < -0.4 is 21.5 Å². The van der Waals surface area contributed by atoms with Gasteiger partial charge in [-0.2, -0.15) is 4.31 Å². The minimum atomic E-state index is -3.65. The number of anilines is 2. The Kier molecular flexibility index (Phi) is 6.21. The highest BCUT2D eigenvalue weighted by atomic mass is 32.2. The Morgan fingerprint density at radius 2 is 1.75 bits per heavy atom. The molecule has 2 aliphatic heterocycles. The second-order valence-electron chi connectivity index (χ2n) is 9.38. The summed E-state index contributed by atoms with van der Waals surface area (Å²) >= 11 is 0. The number of hydrogen-bond donors (Lipinski definition) is 2. The fourth-order valence-electron chi connectivity index (χ4n) is 5.26. The SMILES string of the molecule is CCCC1(c2ccc(S(=O)(=O)N3CCN(c4ccccn4)CC3)cc2)Cc2c(c(=O)[nH]c(=O)n2C)N1. The van der Waals surface area contributed by atoms with E-state index >= 15 is 0 Å². The number of nitrogens with zero attached hydrogens (tertiary/aromatic N) is 4. The van der Waals surface area contributed by atoms with Gasteiger partial charge in [0.2, 0.25) is 10.0 Å². The summed E-state index contributed by atoms with van der Waals surface area (Å²) < 4.78 is 29.7. The van der Waals surface area contributed by atoms with Crippen LogP contribution in [-0.2, 0) is 29.0 Å². The quantitative estimate of drug-likeness (QED) is 0.517. The molecule has 10 nitrogen and oxygen atoms in total. The molecule has 1 unspecified atom stereocenters. The standard InChI is InChI=1S/C25H30N6O4S/c1-3-11-25(17-20-22(28-25)23(32)27-24(33)29(20)2)18-7-9-19(10-8-18)36(34,35)31-15-13-30(14-16-31)21-6-4-5-12-26-21/h4-10,12,28H,3,11,13-17H2,1-2H3,(H,27,32,33). The number of pyridine rings is 1. The summed E-state index contributed by atoms with van der Waals surface area (Å²) in [7, 11) is -2.00. The van der Waals surface area contributed by atoms with Gasteiger partial charge < -0.3 is 10.2 Å². The van der Waals surface area contributed by atoms with Gasteiger partial charge in [-0.1, -0.05) is 31.5 Å². The van der Waals surface area contributed by atoms with Crippen LogP contribution in [-0.4, -0.2) is 53.4 Å². The van der Waals surface area contributed by atoms with Gasteiger partial charge in [-0.3, -0.25) is 14.3 Å². The van der Waals surface area contributed by atoms with E-state index in [1.54, 1.807) is 25.4 Å². The number of H-pyrrole nitrogens is 1. The summed E-state index contributed by atoms with van der Waals surface area (Å²) in [6, 6.07) is 12.6. The van der Waals surface area contributed by atoms with Gasteiger partial charge in [-0.05, 0) is 36.2 Å². The zero-order chi connectivity index (χ0) is 25.5. The summed E-state index contributed by atoms with van der Waals surface area (Å²) in [5.74, 6) is 0.849. The minimum Gasteiger partial charge on any atom is -0.369 e. The first-order valence-electron chi connectivity index (χ1n) is 12.1. The summed E-state index contributed by atoms with van der Waals surface area (Å²) in [6.45, 7) is 3.97. The van der Waals surface area contributed by atoms with Crippen molar-refractivity contribution in [1.82, 2.24) is 18.8 Å². The van der Waals surface area contributed by atoms with Crippen molar-refractivity contribution < 1.29 is 8.42 Å². The smallest absolute Gasteiger partial charge is 0.328 e. The van der Waals surface area contributed by atoms with E-state index in [-0.39, 0.29) is 4.90 Å².